The third kappa shape index (κ3) is 3.19. The van der Waals surface area contributed by atoms with Crippen molar-refractivity contribution in [1.29, 1.82) is 0 Å². The molecule has 2 aromatic heterocycles. The molecule has 2 heterocycles. The highest BCUT2D eigenvalue weighted by Gasteiger charge is 2.09. The smallest absolute Gasteiger partial charge is 0.280 e. The van der Waals surface area contributed by atoms with E-state index in [1.54, 1.807) is 9.47 Å². The topological polar surface area (TPSA) is 109 Å². The number of aliphatic imine (C=N–C) groups is 1. The van der Waals surface area contributed by atoms with E-state index in [9.17, 15) is 4.79 Å². The van der Waals surface area contributed by atoms with Gasteiger partial charge in [0.05, 0.1) is 25.9 Å². The lowest BCUT2D eigenvalue weighted by atomic mass is 10.5. The Hall–Kier alpha value is -2.26. The molecule has 0 radical (unpaired) electrons. The van der Waals surface area contributed by atoms with E-state index in [1.165, 1.54) is 12.7 Å². The van der Waals surface area contributed by atoms with Gasteiger partial charge < -0.3 is 14.7 Å². The summed E-state index contributed by atoms with van der Waals surface area (Å²) in [6.45, 7) is 0.290. The van der Waals surface area contributed by atoms with E-state index in [-0.39, 0.29) is 37.0 Å². The molecular weight excluding hydrogens is 264 g/mol. The van der Waals surface area contributed by atoms with Crippen LogP contribution >= 0.6 is 0 Å². The maximum absolute atomic E-state index is 11.8. The molecule has 0 unspecified atom stereocenters. The monoisotopic (exact) mass is 280 g/mol. The second kappa shape index (κ2) is 6.26. The first-order valence-corrected chi connectivity index (χ1v) is 5.96. The fraction of sp³-hybridized carbons (Fsp3) is 0.455. The molecule has 0 bridgehead atoms. The second-order valence-corrected chi connectivity index (χ2v) is 4.25. The summed E-state index contributed by atoms with van der Waals surface area (Å²) < 4.78 is 6.77. The third-order valence-corrected chi connectivity index (χ3v) is 2.34. The molecule has 0 aliphatic heterocycles. The standard InChI is InChI=1S/C11H16N6O3/c1-16(2)5-13-11-14-9-8(10(19)15-11)12-6-17(9)7-20-4-3-18/h5-6,18H,3-4,7H2,1-2H3,(H,14,15,19)/b13-5+. The Balaban J connectivity index is 2.34. The van der Waals surface area contributed by atoms with Gasteiger partial charge in [-0.1, -0.05) is 0 Å². The van der Waals surface area contributed by atoms with E-state index in [2.05, 4.69) is 19.9 Å². The minimum Gasteiger partial charge on any atom is -0.394 e. The van der Waals surface area contributed by atoms with Crippen molar-refractivity contribution in [2.45, 2.75) is 6.73 Å². The number of nitrogens with zero attached hydrogens (tertiary/aromatic N) is 5. The highest BCUT2D eigenvalue weighted by atomic mass is 16.5. The van der Waals surface area contributed by atoms with E-state index in [0.717, 1.165) is 0 Å². The van der Waals surface area contributed by atoms with Crippen molar-refractivity contribution in [3.05, 3.63) is 16.7 Å². The average Bonchev–Trinajstić information content (AvgIpc) is 2.81. The molecule has 2 aromatic rings. The van der Waals surface area contributed by atoms with Crippen molar-refractivity contribution in [2.75, 3.05) is 27.3 Å². The van der Waals surface area contributed by atoms with Crippen molar-refractivity contribution >= 4 is 23.5 Å². The number of hydrogen-bond acceptors (Lipinski definition) is 6. The maximum atomic E-state index is 11.8. The van der Waals surface area contributed by atoms with Crippen LogP contribution in [-0.4, -0.2) is 63.2 Å². The minimum atomic E-state index is -0.359. The molecule has 0 aliphatic rings. The van der Waals surface area contributed by atoms with Gasteiger partial charge in [0.2, 0.25) is 5.95 Å². The van der Waals surface area contributed by atoms with Crippen LogP contribution in [-0.2, 0) is 11.5 Å². The molecule has 9 nitrogen and oxygen atoms in total. The Labute approximate surface area is 114 Å². The third-order valence-electron chi connectivity index (χ3n) is 2.34. The van der Waals surface area contributed by atoms with Gasteiger partial charge in [-0.15, -0.1) is 0 Å². The van der Waals surface area contributed by atoms with Crippen molar-refractivity contribution in [3.8, 4) is 0 Å². The zero-order chi connectivity index (χ0) is 14.5. The quantitative estimate of drug-likeness (QED) is 0.412. The van der Waals surface area contributed by atoms with E-state index in [4.69, 9.17) is 9.84 Å². The molecule has 0 atom stereocenters. The summed E-state index contributed by atoms with van der Waals surface area (Å²) in [6, 6.07) is 0. The van der Waals surface area contributed by atoms with Gasteiger partial charge in [0.25, 0.3) is 5.56 Å². The molecule has 0 aromatic carbocycles. The largest absolute Gasteiger partial charge is 0.394 e. The zero-order valence-corrected chi connectivity index (χ0v) is 11.3. The lowest BCUT2D eigenvalue weighted by molar-refractivity contribution is 0.0499. The first-order valence-electron chi connectivity index (χ1n) is 5.96. The Morgan fingerprint density at radius 2 is 2.40 bits per heavy atom. The number of imidazole rings is 1. The number of hydrogen-bond donors (Lipinski definition) is 2. The van der Waals surface area contributed by atoms with Crippen LogP contribution in [0.1, 0.15) is 0 Å². The number of nitrogens with one attached hydrogen (secondary N) is 1. The molecule has 2 N–H and O–H groups in total. The van der Waals surface area contributed by atoms with Crippen molar-refractivity contribution in [1.82, 2.24) is 24.4 Å². The van der Waals surface area contributed by atoms with Crippen molar-refractivity contribution in [3.63, 3.8) is 0 Å². The van der Waals surface area contributed by atoms with E-state index >= 15 is 0 Å². The predicted molar refractivity (Wildman–Crippen MR) is 73.0 cm³/mol. The SMILES string of the molecule is CN(C)/C=N/c1nc2c(ncn2COCCO)c(=O)[nH]1. The Morgan fingerprint density at radius 3 is 3.10 bits per heavy atom. The van der Waals surface area contributed by atoms with Gasteiger partial charge >= 0.3 is 0 Å². The first kappa shape index (κ1) is 14.2. The lowest BCUT2D eigenvalue weighted by Crippen LogP contribution is -2.11. The Bertz CT molecular complexity index is 660. The number of H-pyrrole nitrogens is 1. The minimum absolute atomic E-state index is 0.0704. The number of aliphatic hydroxyl groups excluding tert-OH is 1. The van der Waals surface area contributed by atoms with Crippen LogP contribution in [0.2, 0.25) is 0 Å². The van der Waals surface area contributed by atoms with Gasteiger partial charge in [-0.2, -0.15) is 4.98 Å². The highest BCUT2D eigenvalue weighted by molar-refractivity contribution is 5.71. The molecule has 0 fully saturated rings. The first-order chi connectivity index (χ1) is 9.61. The van der Waals surface area contributed by atoms with Crippen molar-refractivity contribution < 1.29 is 9.84 Å². The summed E-state index contributed by atoms with van der Waals surface area (Å²) in [6.07, 6.45) is 3.00. The zero-order valence-electron chi connectivity index (χ0n) is 11.3. The maximum Gasteiger partial charge on any atom is 0.280 e. The van der Waals surface area contributed by atoms with E-state index < -0.39 is 0 Å². The molecule has 0 aliphatic carbocycles. The number of aliphatic hydroxyl groups is 1. The molecule has 2 rings (SSSR count). The van der Waals surface area contributed by atoms with Crippen LogP contribution in [0.5, 0.6) is 0 Å². The summed E-state index contributed by atoms with van der Waals surface area (Å²) in [4.78, 5) is 28.4. The number of fused-ring (bicyclic) bond motifs is 1. The summed E-state index contributed by atoms with van der Waals surface area (Å²) in [5.41, 5.74) is 0.251. The average molecular weight is 280 g/mol. The van der Waals surface area contributed by atoms with Gasteiger partial charge in [0.15, 0.2) is 11.2 Å². The van der Waals surface area contributed by atoms with Crippen LogP contribution in [0.3, 0.4) is 0 Å². The molecule has 0 amide bonds. The molecular formula is C11H16N6O3. The molecule has 0 saturated heterocycles. The summed E-state index contributed by atoms with van der Waals surface area (Å²) in [7, 11) is 3.63. The molecule has 0 spiro atoms. The molecule has 108 valence electrons. The van der Waals surface area contributed by atoms with Crippen LogP contribution in [0.4, 0.5) is 5.95 Å². The van der Waals surface area contributed by atoms with Gasteiger partial charge in [0, 0.05) is 14.1 Å². The number of aromatic nitrogens is 4. The fourth-order valence-electron chi connectivity index (χ4n) is 1.50. The Kier molecular flexibility index (Phi) is 4.43. The summed E-state index contributed by atoms with van der Waals surface area (Å²) >= 11 is 0. The lowest BCUT2D eigenvalue weighted by Gasteiger charge is -2.04. The van der Waals surface area contributed by atoms with Gasteiger partial charge in [-0.3, -0.25) is 14.3 Å². The predicted octanol–water partition coefficient (Wildman–Crippen LogP) is -0.693. The summed E-state index contributed by atoms with van der Waals surface area (Å²) in [5.74, 6) is 0.195. The van der Waals surface area contributed by atoms with Crippen LogP contribution < -0.4 is 5.56 Å². The van der Waals surface area contributed by atoms with Crippen LogP contribution in [0.25, 0.3) is 11.2 Å². The number of aromatic amines is 1. The van der Waals surface area contributed by atoms with E-state index in [1.807, 2.05) is 14.1 Å². The highest BCUT2D eigenvalue weighted by Crippen LogP contribution is 2.09. The van der Waals surface area contributed by atoms with Crippen LogP contribution in [0, 0.1) is 0 Å². The molecule has 9 heteroatoms. The Morgan fingerprint density at radius 1 is 1.60 bits per heavy atom. The molecule has 20 heavy (non-hydrogen) atoms. The van der Waals surface area contributed by atoms with Crippen molar-refractivity contribution in [2.24, 2.45) is 4.99 Å². The van der Waals surface area contributed by atoms with Gasteiger partial charge in [0.1, 0.15) is 6.73 Å². The summed E-state index contributed by atoms with van der Waals surface area (Å²) in [5, 5.41) is 8.67. The number of rotatable bonds is 6. The fourth-order valence-corrected chi connectivity index (χ4v) is 1.50. The van der Waals surface area contributed by atoms with E-state index in [0.29, 0.717) is 5.65 Å². The van der Waals surface area contributed by atoms with Gasteiger partial charge in [-0.25, -0.2) is 9.98 Å². The molecule has 0 saturated carbocycles. The van der Waals surface area contributed by atoms with Gasteiger partial charge in [-0.05, 0) is 0 Å². The number of ether oxygens (including phenoxy) is 1. The second-order valence-electron chi connectivity index (χ2n) is 4.25. The normalized spacial score (nSPS) is 11.6. The van der Waals surface area contributed by atoms with Crippen LogP contribution in [0.15, 0.2) is 16.1 Å².